The van der Waals surface area contributed by atoms with Crippen molar-refractivity contribution >= 4 is 17.4 Å². The summed E-state index contributed by atoms with van der Waals surface area (Å²) in [5.74, 6) is 1.29. The predicted molar refractivity (Wildman–Crippen MR) is 91.4 cm³/mol. The van der Waals surface area contributed by atoms with Crippen LogP contribution < -0.4 is 20.1 Å². The summed E-state index contributed by atoms with van der Waals surface area (Å²) in [6.45, 7) is 0. The van der Waals surface area contributed by atoms with Gasteiger partial charge in [0.05, 0.1) is 20.3 Å². The maximum Gasteiger partial charge on any atom is 0.219 e. The summed E-state index contributed by atoms with van der Waals surface area (Å²) in [6.07, 6.45) is 1.96. The zero-order chi connectivity index (χ0) is 18.3. The van der Waals surface area contributed by atoms with Crippen LogP contribution in [0.25, 0.3) is 0 Å². The highest BCUT2D eigenvalue weighted by molar-refractivity contribution is 6.00. The third-order valence-electron chi connectivity index (χ3n) is 4.62. The lowest BCUT2D eigenvalue weighted by Gasteiger charge is -2.25. The van der Waals surface area contributed by atoms with Gasteiger partial charge in [-0.2, -0.15) is 0 Å². The number of ether oxygens (including phenoxy) is 2. The smallest absolute Gasteiger partial charge is 0.219 e. The molecule has 4 rings (SSSR count). The van der Waals surface area contributed by atoms with Crippen molar-refractivity contribution in [3.8, 4) is 17.2 Å². The van der Waals surface area contributed by atoms with E-state index in [-0.39, 0.29) is 23.0 Å². The third kappa shape index (κ3) is 2.52. The Hall–Kier alpha value is -3.23. The van der Waals surface area contributed by atoms with Gasteiger partial charge < -0.3 is 25.2 Å². The van der Waals surface area contributed by atoms with Gasteiger partial charge >= 0.3 is 0 Å². The van der Waals surface area contributed by atoms with Gasteiger partial charge in [-0.1, -0.05) is 0 Å². The Morgan fingerprint density at radius 3 is 2.54 bits per heavy atom. The Balaban J connectivity index is 1.89. The topological polar surface area (TPSA) is 119 Å². The standard InChI is InChI=1S/C17H18N4O5/c1-24-11-6-8(7-12(25-2)15(11)23)14-13-9(4-3-5-10(13)22)18-16-17(19-14)21-26-20-16/h6-7,14,23H,3-5H2,1-2H3,(H,18,20)(H,19,21). The van der Waals surface area contributed by atoms with Gasteiger partial charge in [-0.25, -0.2) is 4.63 Å². The van der Waals surface area contributed by atoms with Gasteiger partial charge in [-0.05, 0) is 40.9 Å². The molecule has 9 heteroatoms. The summed E-state index contributed by atoms with van der Waals surface area (Å²) in [7, 11) is 2.91. The van der Waals surface area contributed by atoms with E-state index in [0.29, 0.717) is 29.2 Å². The van der Waals surface area contributed by atoms with Crippen molar-refractivity contribution in [2.75, 3.05) is 24.9 Å². The molecule has 1 aromatic carbocycles. The molecule has 1 aromatic heterocycles. The van der Waals surface area contributed by atoms with Gasteiger partial charge in [0.25, 0.3) is 0 Å². The Bertz CT molecular complexity index is 879. The highest BCUT2D eigenvalue weighted by Gasteiger charge is 2.34. The fraction of sp³-hybridized carbons (Fsp3) is 0.353. The molecule has 0 amide bonds. The normalized spacial score (nSPS) is 19.0. The number of Topliss-reactive ketones (excluding diaryl/α,β-unsaturated/α-hetero) is 1. The maximum absolute atomic E-state index is 12.7. The molecule has 9 nitrogen and oxygen atoms in total. The molecule has 2 aliphatic rings. The number of methoxy groups -OCH3 is 2. The molecule has 1 unspecified atom stereocenters. The predicted octanol–water partition coefficient (Wildman–Crippen LogP) is 2.38. The second-order valence-electron chi connectivity index (χ2n) is 6.11. The van der Waals surface area contributed by atoms with Crippen LogP contribution in [0, 0.1) is 0 Å². The molecule has 1 atom stereocenters. The van der Waals surface area contributed by atoms with Gasteiger partial charge in [-0.3, -0.25) is 4.79 Å². The summed E-state index contributed by atoms with van der Waals surface area (Å²) >= 11 is 0. The van der Waals surface area contributed by atoms with Crippen molar-refractivity contribution in [2.24, 2.45) is 0 Å². The maximum atomic E-state index is 12.7. The second-order valence-corrected chi connectivity index (χ2v) is 6.11. The zero-order valence-corrected chi connectivity index (χ0v) is 14.3. The van der Waals surface area contributed by atoms with Crippen LogP contribution in [-0.2, 0) is 4.79 Å². The van der Waals surface area contributed by atoms with Crippen LogP contribution in [0.1, 0.15) is 30.9 Å². The number of rotatable bonds is 3. The highest BCUT2D eigenvalue weighted by Crippen LogP contribution is 2.44. The Morgan fingerprint density at radius 2 is 1.85 bits per heavy atom. The number of fused-ring (bicyclic) bond motifs is 1. The van der Waals surface area contributed by atoms with Crippen LogP contribution in [0.5, 0.6) is 17.2 Å². The molecular weight excluding hydrogens is 340 g/mol. The molecule has 0 saturated carbocycles. The van der Waals surface area contributed by atoms with E-state index in [4.69, 9.17) is 14.1 Å². The number of nitrogens with one attached hydrogen (secondary N) is 2. The Labute approximate surface area is 148 Å². The minimum absolute atomic E-state index is 0.0457. The first-order valence-corrected chi connectivity index (χ1v) is 8.19. The molecule has 26 heavy (non-hydrogen) atoms. The number of hydrogen-bond acceptors (Lipinski definition) is 9. The zero-order valence-electron chi connectivity index (χ0n) is 14.3. The first kappa shape index (κ1) is 16.2. The number of hydrogen-bond donors (Lipinski definition) is 3. The number of anilines is 2. The lowest BCUT2D eigenvalue weighted by atomic mass is 9.86. The van der Waals surface area contributed by atoms with E-state index in [1.165, 1.54) is 14.2 Å². The highest BCUT2D eigenvalue weighted by atomic mass is 16.6. The lowest BCUT2D eigenvalue weighted by Crippen LogP contribution is -2.23. The molecule has 0 bridgehead atoms. The van der Waals surface area contributed by atoms with Gasteiger partial charge in [0.1, 0.15) is 0 Å². The molecule has 1 aliphatic heterocycles. The van der Waals surface area contributed by atoms with Crippen LogP contribution >= 0.6 is 0 Å². The third-order valence-corrected chi connectivity index (χ3v) is 4.62. The van der Waals surface area contributed by atoms with Crippen molar-refractivity contribution < 1.29 is 24.0 Å². The molecule has 136 valence electrons. The first-order valence-electron chi connectivity index (χ1n) is 8.19. The Morgan fingerprint density at radius 1 is 1.15 bits per heavy atom. The SMILES string of the molecule is COc1cc(C2Nc3nonc3NC3=C2C(=O)CCC3)cc(OC)c1O. The van der Waals surface area contributed by atoms with Gasteiger partial charge in [-0.15, -0.1) is 0 Å². The van der Waals surface area contributed by atoms with Crippen LogP contribution in [0.4, 0.5) is 11.6 Å². The number of ketones is 1. The van der Waals surface area contributed by atoms with E-state index in [1.807, 2.05) is 0 Å². The van der Waals surface area contributed by atoms with Crippen LogP contribution in [0.3, 0.4) is 0 Å². The van der Waals surface area contributed by atoms with E-state index in [0.717, 1.165) is 18.5 Å². The molecule has 2 heterocycles. The largest absolute Gasteiger partial charge is 0.502 e. The van der Waals surface area contributed by atoms with E-state index >= 15 is 0 Å². The number of phenols is 1. The molecule has 1 aliphatic carbocycles. The number of aromatic hydroxyl groups is 1. The average molecular weight is 358 g/mol. The lowest BCUT2D eigenvalue weighted by molar-refractivity contribution is -0.116. The van der Waals surface area contributed by atoms with E-state index in [1.54, 1.807) is 12.1 Å². The number of aromatic nitrogens is 2. The van der Waals surface area contributed by atoms with E-state index in [9.17, 15) is 9.90 Å². The Kier molecular flexibility index (Phi) is 3.90. The van der Waals surface area contributed by atoms with Crippen molar-refractivity contribution in [3.63, 3.8) is 0 Å². The van der Waals surface area contributed by atoms with E-state index < -0.39 is 6.04 Å². The van der Waals surface area contributed by atoms with E-state index in [2.05, 4.69) is 20.9 Å². The molecular formula is C17H18N4O5. The number of nitrogens with zero attached hydrogens (tertiary/aromatic N) is 2. The summed E-state index contributed by atoms with van der Waals surface area (Å²) in [4.78, 5) is 12.7. The molecule has 2 aromatic rings. The average Bonchev–Trinajstić information content (AvgIpc) is 3.01. The summed E-state index contributed by atoms with van der Waals surface area (Å²) in [5, 5.41) is 24.3. The second kappa shape index (κ2) is 6.25. The number of allylic oxidation sites excluding steroid dienone is 1. The molecule has 0 spiro atoms. The molecule has 0 fully saturated rings. The van der Waals surface area contributed by atoms with Crippen molar-refractivity contribution in [2.45, 2.75) is 25.3 Å². The van der Waals surface area contributed by atoms with Crippen LogP contribution in [-0.4, -0.2) is 35.4 Å². The minimum Gasteiger partial charge on any atom is -0.502 e. The molecule has 3 N–H and O–H groups in total. The van der Waals surface area contributed by atoms with Crippen molar-refractivity contribution in [1.82, 2.24) is 10.3 Å². The van der Waals surface area contributed by atoms with Gasteiger partial charge in [0, 0.05) is 17.7 Å². The fourth-order valence-electron chi connectivity index (χ4n) is 3.38. The molecule has 0 saturated heterocycles. The number of phenolic OH excluding ortho intramolecular Hbond substituents is 1. The van der Waals surface area contributed by atoms with Gasteiger partial charge in [0.2, 0.25) is 17.4 Å². The summed E-state index contributed by atoms with van der Waals surface area (Å²) < 4.78 is 15.3. The van der Waals surface area contributed by atoms with Crippen molar-refractivity contribution in [1.29, 1.82) is 0 Å². The first-order chi connectivity index (χ1) is 12.6. The quantitative estimate of drug-likeness (QED) is 0.759. The summed E-state index contributed by atoms with van der Waals surface area (Å²) in [6, 6.07) is 2.82. The number of carbonyl (C=O) groups is 1. The van der Waals surface area contributed by atoms with Gasteiger partial charge in [0.15, 0.2) is 17.3 Å². The summed E-state index contributed by atoms with van der Waals surface area (Å²) in [5.41, 5.74) is 2.10. The van der Waals surface area contributed by atoms with Crippen LogP contribution in [0.15, 0.2) is 28.0 Å². The monoisotopic (exact) mass is 358 g/mol. The van der Waals surface area contributed by atoms with Crippen LogP contribution in [0.2, 0.25) is 0 Å². The number of carbonyl (C=O) groups excluding carboxylic acids is 1. The molecule has 0 radical (unpaired) electrons. The minimum atomic E-state index is -0.512. The van der Waals surface area contributed by atoms with Crippen molar-refractivity contribution in [3.05, 3.63) is 29.0 Å². The number of benzene rings is 1. The fourth-order valence-corrected chi connectivity index (χ4v) is 3.38.